The molecule has 0 spiro atoms. The van der Waals surface area contributed by atoms with Crippen LogP contribution in [0.3, 0.4) is 0 Å². The van der Waals surface area contributed by atoms with Crippen molar-refractivity contribution in [2.75, 3.05) is 38.5 Å². The molecule has 4 heterocycles. The molecule has 1 fully saturated rings. The summed E-state index contributed by atoms with van der Waals surface area (Å²) in [5.41, 5.74) is 7.78. The Bertz CT molecular complexity index is 1570. The van der Waals surface area contributed by atoms with E-state index in [0.717, 1.165) is 64.8 Å². The van der Waals surface area contributed by atoms with E-state index in [1.807, 2.05) is 55.2 Å². The van der Waals surface area contributed by atoms with E-state index >= 15 is 0 Å². The Morgan fingerprint density at radius 3 is 2.37 bits per heavy atom. The third kappa shape index (κ3) is 4.38. The van der Waals surface area contributed by atoms with Crippen LogP contribution in [-0.2, 0) is 4.79 Å². The molecule has 6 rings (SSSR count). The van der Waals surface area contributed by atoms with Gasteiger partial charge >= 0.3 is 0 Å². The van der Waals surface area contributed by atoms with Crippen molar-refractivity contribution in [2.45, 2.75) is 13.8 Å². The average molecular weight is 523 g/mol. The number of amides is 2. The van der Waals surface area contributed by atoms with Crippen molar-refractivity contribution in [3.05, 3.63) is 88.7 Å². The summed E-state index contributed by atoms with van der Waals surface area (Å²) in [6.45, 7) is 7.09. The molecule has 1 saturated heterocycles. The van der Waals surface area contributed by atoms with Gasteiger partial charge in [0.05, 0.1) is 11.1 Å². The van der Waals surface area contributed by atoms with E-state index in [1.54, 1.807) is 11.3 Å². The Morgan fingerprint density at radius 1 is 0.921 bits per heavy atom. The van der Waals surface area contributed by atoms with Gasteiger partial charge in [-0.25, -0.2) is 0 Å². The van der Waals surface area contributed by atoms with Gasteiger partial charge in [0.25, 0.3) is 11.8 Å². The van der Waals surface area contributed by atoms with Crippen LogP contribution in [-0.4, -0.2) is 59.8 Å². The van der Waals surface area contributed by atoms with Gasteiger partial charge in [0.1, 0.15) is 0 Å². The van der Waals surface area contributed by atoms with E-state index in [1.165, 1.54) is 10.4 Å². The number of nitrogens with zero attached hydrogens (tertiary/aromatic N) is 2. The second kappa shape index (κ2) is 9.74. The molecule has 2 aromatic heterocycles. The molecule has 6 nitrogen and oxygen atoms in total. The van der Waals surface area contributed by atoms with Gasteiger partial charge in [-0.15, -0.1) is 11.3 Å². The van der Waals surface area contributed by atoms with Crippen molar-refractivity contribution in [1.82, 2.24) is 14.8 Å². The van der Waals surface area contributed by atoms with Gasteiger partial charge in [-0.05, 0) is 61.9 Å². The van der Waals surface area contributed by atoms with Gasteiger partial charge in [-0.2, -0.15) is 0 Å². The fourth-order valence-corrected chi connectivity index (χ4v) is 6.30. The number of aromatic nitrogens is 1. The van der Waals surface area contributed by atoms with Gasteiger partial charge in [-0.1, -0.05) is 42.5 Å². The number of hydrogen-bond donors (Lipinski definition) is 2. The second-order valence-corrected chi connectivity index (χ2v) is 11.1. The summed E-state index contributed by atoms with van der Waals surface area (Å²) in [4.78, 5) is 36.2. The van der Waals surface area contributed by atoms with E-state index in [0.29, 0.717) is 11.1 Å². The summed E-state index contributed by atoms with van der Waals surface area (Å²) in [6, 6.07) is 20.8. The monoisotopic (exact) mass is 522 g/mol. The number of likely N-dealkylation sites (N-methyl/N-ethyl adjacent to an activating group) is 1. The van der Waals surface area contributed by atoms with Crippen molar-refractivity contribution in [3.8, 4) is 20.9 Å². The minimum Gasteiger partial charge on any atom is -0.358 e. The summed E-state index contributed by atoms with van der Waals surface area (Å²) < 4.78 is 0. The van der Waals surface area contributed by atoms with Gasteiger partial charge < -0.3 is 20.1 Å². The van der Waals surface area contributed by atoms with Crippen LogP contribution >= 0.6 is 11.3 Å². The number of benzene rings is 2. The van der Waals surface area contributed by atoms with Crippen LogP contribution in [0.5, 0.6) is 0 Å². The van der Waals surface area contributed by atoms with Crippen molar-refractivity contribution in [2.24, 2.45) is 0 Å². The molecule has 38 heavy (non-hydrogen) atoms. The zero-order valence-electron chi connectivity index (χ0n) is 21.8. The lowest BCUT2D eigenvalue weighted by atomic mass is 10.0. The lowest BCUT2D eigenvalue weighted by molar-refractivity contribution is -0.110. The van der Waals surface area contributed by atoms with Crippen LogP contribution in [0, 0.1) is 13.8 Å². The average Bonchev–Trinajstić information content (AvgIpc) is 3.61. The minimum absolute atomic E-state index is 0.0562. The normalized spacial score (nSPS) is 16.7. The van der Waals surface area contributed by atoms with Crippen LogP contribution < -0.4 is 5.32 Å². The number of carbonyl (C=O) groups excluding carboxylic acids is 2. The second-order valence-electron chi connectivity index (χ2n) is 10.1. The van der Waals surface area contributed by atoms with Crippen LogP contribution in [0.15, 0.2) is 60.7 Å². The number of H-pyrrole nitrogens is 1. The molecule has 2 aliphatic heterocycles. The lowest BCUT2D eigenvalue weighted by Crippen LogP contribution is -2.47. The van der Waals surface area contributed by atoms with E-state index in [4.69, 9.17) is 0 Å². The number of thiophene rings is 1. The molecule has 0 unspecified atom stereocenters. The lowest BCUT2D eigenvalue weighted by Gasteiger charge is -2.32. The number of aromatic amines is 1. The number of piperazine rings is 1. The highest BCUT2D eigenvalue weighted by Crippen LogP contribution is 2.40. The molecule has 4 aromatic rings. The molecule has 2 amide bonds. The number of nitrogens with one attached hydrogen (secondary N) is 2. The molecule has 0 bridgehead atoms. The van der Waals surface area contributed by atoms with Crippen LogP contribution in [0.2, 0.25) is 0 Å². The third-order valence-electron chi connectivity index (χ3n) is 7.52. The Kier molecular flexibility index (Phi) is 6.26. The summed E-state index contributed by atoms with van der Waals surface area (Å²) in [6.07, 6.45) is 1.88. The van der Waals surface area contributed by atoms with E-state index in [-0.39, 0.29) is 11.8 Å². The Morgan fingerprint density at radius 2 is 1.63 bits per heavy atom. The smallest absolute Gasteiger partial charge is 0.256 e. The largest absolute Gasteiger partial charge is 0.358 e. The molecule has 192 valence electrons. The molecular weight excluding hydrogens is 492 g/mol. The molecule has 7 heteroatoms. The van der Waals surface area contributed by atoms with E-state index in [2.05, 4.69) is 52.6 Å². The molecule has 0 aliphatic carbocycles. The van der Waals surface area contributed by atoms with Crippen LogP contribution in [0.25, 0.3) is 32.5 Å². The zero-order chi connectivity index (χ0) is 26.4. The van der Waals surface area contributed by atoms with Gasteiger partial charge in [-0.3, -0.25) is 9.59 Å². The highest BCUT2D eigenvalue weighted by molar-refractivity contribution is 7.18. The predicted octanol–water partition coefficient (Wildman–Crippen LogP) is 5.91. The maximum absolute atomic E-state index is 13.3. The maximum Gasteiger partial charge on any atom is 0.256 e. The Balaban J connectivity index is 1.28. The standard InChI is InChI=1S/C31H30N4O2S/c1-19-25(32-20(2)29(19)31(37)35-15-13-34(3)14-16-35)18-24-23-10-9-22(17-26(23)33-30(24)36)28-12-11-27(38-28)21-7-5-4-6-8-21/h4-12,17-18,32H,13-16H2,1-3H3,(H,33,36). The zero-order valence-corrected chi connectivity index (χ0v) is 22.6. The van der Waals surface area contributed by atoms with Crippen LogP contribution in [0.4, 0.5) is 5.69 Å². The Hall–Kier alpha value is -3.94. The fourth-order valence-electron chi connectivity index (χ4n) is 5.29. The van der Waals surface area contributed by atoms with Crippen molar-refractivity contribution in [3.63, 3.8) is 0 Å². The van der Waals surface area contributed by atoms with Gasteiger partial charge in [0.2, 0.25) is 0 Å². The summed E-state index contributed by atoms with van der Waals surface area (Å²) in [7, 11) is 2.08. The van der Waals surface area contributed by atoms with E-state index < -0.39 is 0 Å². The number of rotatable bonds is 4. The topological polar surface area (TPSA) is 68.4 Å². The fraction of sp³-hybridized carbons (Fsp3) is 0.226. The molecule has 0 saturated carbocycles. The number of fused-ring (bicyclic) bond motifs is 1. The molecule has 2 aliphatic rings. The summed E-state index contributed by atoms with van der Waals surface area (Å²) >= 11 is 1.74. The van der Waals surface area contributed by atoms with Crippen molar-refractivity contribution >= 4 is 40.5 Å². The number of carbonyl (C=O) groups is 2. The first-order valence-corrected chi connectivity index (χ1v) is 13.7. The SMILES string of the molecule is Cc1[nH]c(C=C2C(=O)Nc3cc(-c4ccc(-c5ccccc5)s4)ccc32)c(C)c1C(=O)N1CCN(C)CC1. The van der Waals surface area contributed by atoms with Crippen molar-refractivity contribution < 1.29 is 9.59 Å². The van der Waals surface area contributed by atoms with E-state index in [9.17, 15) is 9.59 Å². The number of aryl methyl sites for hydroxylation is 1. The first kappa shape index (κ1) is 24.4. The first-order chi connectivity index (χ1) is 18.4. The maximum atomic E-state index is 13.3. The number of anilines is 1. The number of hydrogen-bond acceptors (Lipinski definition) is 4. The molecule has 0 atom stereocenters. The van der Waals surface area contributed by atoms with Crippen molar-refractivity contribution in [1.29, 1.82) is 0 Å². The van der Waals surface area contributed by atoms with Crippen LogP contribution in [0.1, 0.15) is 32.9 Å². The first-order valence-electron chi connectivity index (χ1n) is 12.9. The quantitative estimate of drug-likeness (QED) is 0.328. The highest BCUT2D eigenvalue weighted by atomic mass is 32.1. The summed E-state index contributed by atoms with van der Waals surface area (Å²) in [5.74, 6) is -0.0763. The molecule has 2 aromatic carbocycles. The Labute approximate surface area is 226 Å². The highest BCUT2D eigenvalue weighted by Gasteiger charge is 2.28. The minimum atomic E-state index is -0.132. The molecule has 0 radical (unpaired) electrons. The summed E-state index contributed by atoms with van der Waals surface area (Å²) in [5, 5.41) is 3.04. The molecular formula is C31H30N4O2S. The molecule has 2 N–H and O–H groups in total. The van der Waals surface area contributed by atoms with Gasteiger partial charge in [0, 0.05) is 58.6 Å². The van der Waals surface area contributed by atoms with Gasteiger partial charge in [0.15, 0.2) is 0 Å². The third-order valence-corrected chi connectivity index (χ3v) is 8.70. The predicted molar refractivity (Wildman–Crippen MR) is 155 cm³/mol.